The van der Waals surface area contributed by atoms with Crippen LogP contribution in [-0.4, -0.2) is 25.9 Å². The first-order valence-electron chi connectivity index (χ1n) is 6.99. The molecule has 5 heteroatoms. The Hall–Kier alpha value is -2.07. The summed E-state index contributed by atoms with van der Waals surface area (Å²) in [6.07, 6.45) is 0.742. The van der Waals surface area contributed by atoms with E-state index in [-0.39, 0.29) is 5.75 Å². The molecule has 0 aromatic heterocycles. The summed E-state index contributed by atoms with van der Waals surface area (Å²) >= 11 is 6.10. The van der Waals surface area contributed by atoms with Crippen LogP contribution in [0.25, 0.3) is 0 Å². The second-order valence-corrected chi connectivity index (χ2v) is 5.33. The van der Waals surface area contributed by atoms with Gasteiger partial charge in [0.15, 0.2) is 0 Å². The van der Waals surface area contributed by atoms with Crippen molar-refractivity contribution >= 4 is 17.3 Å². The molecule has 0 heterocycles. The Bertz CT molecular complexity index is 659. The van der Waals surface area contributed by atoms with E-state index in [0.29, 0.717) is 17.3 Å². The maximum absolute atomic E-state index is 9.71. The minimum Gasteiger partial charge on any atom is -0.508 e. The molecule has 2 N–H and O–H groups in total. The van der Waals surface area contributed by atoms with Gasteiger partial charge in [0.25, 0.3) is 0 Å². The van der Waals surface area contributed by atoms with Gasteiger partial charge < -0.3 is 19.9 Å². The number of rotatable bonds is 6. The van der Waals surface area contributed by atoms with Crippen LogP contribution in [0.1, 0.15) is 11.1 Å². The average molecular weight is 322 g/mol. The van der Waals surface area contributed by atoms with E-state index in [0.717, 1.165) is 29.0 Å². The summed E-state index contributed by atoms with van der Waals surface area (Å²) < 4.78 is 10.6. The van der Waals surface area contributed by atoms with Crippen molar-refractivity contribution in [2.75, 3.05) is 26.1 Å². The summed E-state index contributed by atoms with van der Waals surface area (Å²) in [5, 5.41) is 13.6. The third-order valence-electron chi connectivity index (χ3n) is 3.57. The Morgan fingerprint density at radius 1 is 1.14 bits per heavy atom. The van der Waals surface area contributed by atoms with E-state index in [1.54, 1.807) is 26.4 Å². The van der Waals surface area contributed by atoms with E-state index < -0.39 is 0 Å². The summed E-state index contributed by atoms with van der Waals surface area (Å²) in [6, 6.07) is 9.08. The fraction of sp³-hybridized carbons (Fsp3) is 0.294. The molecule has 22 heavy (non-hydrogen) atoms. The Balaban J connectivity index is 2.09. The molecule has 118 valence electrons. The number of hydrogen-bond acceptors (Lipinski definition) is 4. The van der Waals surface area contributed by atoms with Gasteiger partial charge in [-0.1, -0.05) is 17.7 Å². The standard InChI is InChI=1S/C17H20ClNO3/c1-11-14(5-4-6-15(11)20)19-8-7-12-9-17(22-3)13(18)10-16(12)21-2/h4-6,9-10,19-20H,7-8H2,1-3H3. The fourth-order valence-corrected chi connectivity index (χ4v) is 2.50. The van der Waals surface area contributed by atoms with Crippen molar-refractivity contribution in [3.63, 3.8) is 0 Å². The van der Waals surface area contributed by atoms with Crippen LogP contribution in [0.5, 0.6) is 17.2 Å². The minimum absolute atomic E-state index is 0.288. The van der Waals surface area contributed by atoms with Gasteiger partial charge in [-0.05, 0) is 37.1 Å². The largest absolute Gasteiger partial charge is 0.508 e. The molecule has 0 aliphatic heterocycles. The van der Waals surface area contributed by atoms with Crippen LogP contribution < -0.4 is 14.8 Å². The van der Waals surface area contributed by atoms with Gasteiger partial charge in [0.05, 0.1) is 19.2 Å². The highest BCUT2D eigenvalue weighted by Crippen LogP contribution is 2.32. The minimum atomic E-state index is 0.288. The van der Waals surface area contributed by atoms with Crippen LogP contribution >= 0.6 is 11.6 Å². The van der Waals surface area contributed by atoms with Crippen molar-refractivity contribution in [1.29, 1.82) is 0 Å². The second kappa shape index (κ2) is 7.27. The first kappa shape index (κ1) is 16.3. The van der Waals surface area contributed by atoms with Crippen molar-refractivity contribution < 1.29 is 14.6 Å². The SMILES string of the molecule is COc1cc(CCNc2cccc(O)c2C)c(OC)cc1Cl. The number of hydrogen-bond donors (Lipinski definition) is 2. The Morgan fingerprint density at radius 2 is 1.86 bits per heavy atom. The van der Waals surface area contributed by atoms with E-state index in [4.69, 9.17) is 21.1 Å². The summed E-state index contributed by atoms with van der Waals surface area (Å²) in [4.78, 5) is 0. The summed E-state index contributed by atoms with van der Waals surface area (Å²) in [5.74, 6) is 1.65. The molecule has 0 fully saturated rings. The zero-order valence-corrected chi connectivity index (χ0v) is 13.7. The van der Waals surface area contributed by atoms with Crippen LogP contribution in [0.15, 0.2) is 30.3 Å². The summed E-state index contributed by atoms with van der Waals surface area (Å²) in [7, 11) is 3.21. The molecule has 0 saturated carbocycles. The third-order valence-corrected chi connectivity index (χ3v) is 3.87. The lowest BCUT2D eigenvalue weighted by Crippen LogP contribution is -2.07. The topological polar surface area (TPSA) is 50.7 Å². The van der Waals surface area contributed by atoms with Gasteiger partial charge in [-0.25, -0.2) is 0 Å². The van der Waals surface area contributed by atoms with Gasteiger partial charge >= 0.3 is 0 Å². The molecular weight excluding hydrogens is 302 g/mol. The summed E-state index contributed by atoms with van der Waals surface area (Å²) in [6.45, 7) is 2.58. The van der Waals surface area contributed by atoms with Gasteiger partial charge in [0, 0.05) is 23.9 Å². The molecule has 0 spiro atoms. The number of benzene rings is 2. The van der Waals surface area contributed by atoms with Gasteiger partial charge in [-0.2, -0.15) is 0 Å². The molecular formula is C17H20ClNO3. The van der Waals surface area contributed by atoms with Gasteiger partial charge in [-0.3, -0.25) is 0 Å². The van der Waals surface area contributed by atoms with Crippen molar-refractivity contribution in [2.24, 2.45) is 0 Å². The lowest BCUT2D eigenvalue weighted by atomic mass is 10.1. The number of methoxy groups -OCH3 is 2. The third kappa shape index (κ3) is 3.57. The zero-order chi connectivity index (χ0) is 16.1. The molecule has 0 radical (unpaired) electrons. The highest BCUT2D eigenvalue weighted by atomic mass is 35.5. The normalized spacial score (nSPS) is 10.4. The highest BCUT2D eigenvalue weighted by Gasteiger charge is 2.10. The Labute approximate surface area is 135 Å². The Kier molecular flexibility index (Phi) is 5.39. The smallest absolute Gasteiger partial charge is 0.137 e. The monoisotopic (exact) mass is 321 g/mol. The highest BCUT2D eigenvalue weighted by molar-refractivity contribution is 6.32. The second-order valence-electron chi connectivity index (χ2n) is 4.93. The van der Waals surface area contributed by atoms with E-state index in [9.17, 15) is 5.11 Å². The van der Waals surface area contributed by atoms with E-state index in [1.807, 2.05) is 25.1 Å². The van der Waals surface area contributed by atoms with Crippen molar-refractivity contribution in [3.8, 4) is 17.2 Å². The molecule has 0 aliphatic carbocycles. The lowest BCUT2D eigenvalue weighted by Gasteiger charge is -2.14. The van der Waals surface area contributed by atoms with Crippen molar-refractivity contribution in [3.05, 3.63) is 46.5 Å². The number of nitrogens with one attached hydrogen (secondary N) is 1. The molecule has 0 saturated heterocycles. The number of anilines is 1. The molecule has 2 aromatic rings. The molecule has 0 unspecified atom stereocenters. The van der Waals surface area contributed by atoms with Crippen molar-refractivity contribution in [1.82, 2.24) is 0 Å². The van der Waals surface area contributed by atoms with Crippen LogP contribution in [0.2, 0.25) is 5.02 Å². The predicted octanol–water partition coefficient (Wildman–Crippen LogP) is 4.03. The Morgan fingerprint density at radius 3 is 2.55 bits per heavy atom. The van der Waals surface area contributed by atoms with Crippen molar-refractivity contribution in [2.45, 2.75) is 13.3 Å². The van der Waals surface area contributed by atoms with Crippen LogP contribution in [0.4, 0.5) is 5.69 Å². The first-order chi connectivity index (χ1) is 10.6. The molecule has 2 aromatic carbocycles. The maximum atomic E-state index is 9.71. The molecule has 0 amide bonds. The molecule has 4 nitrogen and oxygen atoms in total. The quantitative estimate of drug-likeness (QED) is 0.843. The lowest BCUT2D eigenvalue weighted by molar-refractivity contribution is 0.399. The first-order valence-corrected chi connectivity index (χ1v) is 7.37. The van der Waals surface area contributed by atoms with Crippen LogP contribution in [0, 0.1) is 6.92 Å². The van der Waals surface area contributed by atoms with Crippen LogP contribution in [0.3, 0.4) is 0 Å². The number of phenols is 1. The number of ether oxygens (including phenoxy) is 2. The fourth-order valence-electron chi connectivity index (χ4n) is 2.27. The average Bonchev–Trinajstić information content (AvgIpc) is 2.52. The molecule has 2 rings (SSSR count). The molecule has 0 atom stereocenters. The maximum Gasteiger partial charge on any atom is 0.137 e. The van der Waals surface area contributed by atoms with E-state index in [1.165, 1.54) is 0 Å². The number of phenolic OH excluding ortho intramolecular Hbond substituents is 1. The predicted molar refractivity (Wildman–Crippen MR) is 89.6 cm³/mol. The summed E-state index contributed by atoms with van der Waals surface area (Å²) in [5.41, 5.74) is 2.76. The number of halogens is 1. The van der Waals surface area contributed by atoms with Gasteiger partial charge in [0.2, 0.25) is 0 Å². The van der Waals surface area contributed by atoms with E-state index in [2.05, 4.69) is 5.32 Å². The van der Waals surface area contributed by atoms with Gasteiger partial charge in [0.1, 0.15) is 17.2 Å². The van der Waals surface area contributed by atoms with Gasteiger partial charge in [-0.15, -0.1) is 0 Å². The van der Waals surface area contributed by atoms with Crippen LogP contribution in [-0.2, 0) is 6.42 Å². The van der Waals surface area contributed by atoms with E-state index >= 15 is 0 Å². The molecule has 0 aliphatic rings. The zero-order valence-electron chi connectivity index (χ0n) is 12.9. The number of aromatic hydroxyl groups is 1. The molecule has 0 bridgehead atoms.